The molecule has 2 rings (SSSR count). The summed E-state index contributed by atoms with van der Waals surface area (Å²) in [5.74, 6) is 0.0574. The summed E-state index contributed by atoms with van der Waals surface area (Å²) in [6.07, 6.45) is 3.42. The van der Waals surface area contributed by atoms with Crippen LogP contribution in [0.1, 0.15) is 21.5 Å². The van der Waals surface area contributed by atoms with Gasteiger partial charge in [-0.05, 0) is 6.92 Å². The highest BCUT2D eigenvalue weighted by molar-refractivity contribution is 7.22. The lowest BCUT2D eigenvalue weighted by Crippen LogP contribution is -1.83. The van der Waals surface area contributed by atoms with Gasteiger partial charge in [0.1, 0.15) is 0 Å². The highest BCUT2D eigenvalue weighted by Crippen LogP contribution is 2.28. The Bertz CT molecular complexity index is 473. The van der Waals surface area contributed by atoms with Gasteiger partial charge in [0, 0.05) is 24.2 Å². The smallest absolute Gasteiger partial charge is 0.171 e. The average Bonchev–Trinajstić information content (AvgIpc) is 2.70. The number of hydrogen-bond donors (Lipinski definition) is 0. The predicted octanol–water partition coefficient (Wildman–Crippen LogP) is 2.78. The molecule has 0 saturated carbocycles. The van der Waals surface area contributed by atoms with Crippen molar-refractivity contribution in [2.45, 2.75) is 13.8 Å². The maximum Gasteiger partial charge on any atom is 0.171 e. The molecule has 0 N–H and O–H groups in total. The van der Waals surface area contributed by atoms with Crippen LogP contribution in [0.25, 0.3) is 10.0 Å². The van der Waals surface area contributed by atoms with Gasteiger partial charge < -0.3 is 0 Å². The first kappa shape index (κ1) is 9.48. The molecule has 5 heteroatoms. The number of nitrogens with zero attached hydrogens (tertiary/aromatic N) is 2. The van der Waals surface area contributed by atoms with Crippen molar-refractivity contribution in [1.29, 1.82) is 0 Å². The van der Waals surface area contributed by atoms with Crippen LogP contribution in [-0.4, -0.2) is 15.8 Å². The summed E-state index contributed by atoms with van der Waals surface area (Å²) in [7, 11) is 0. The number of aromatic nitrogens is 2. The van der Waals surface area contributed by atoms with Gasteiger partial charge in [0.05, 0.1) is 4.88 Å². The van der Waals surface area contributed by atoms with E-state index in [1.165, 1.54) is 11.3 Å². The van der Waals surface area contributed by atoms with Crippen LogP contribution in [0.4, 0.5) is 0 Å². The van der Waals surface area contributed by atoms with E-state index < -0.39 is 0 Å². The molecule has 3 nitrogen and oxygen atoms in total. The predicted molar refractivity (Wildman–Crippen MR) is 58.0 cm³/mol. The Morgan fingerprint density at radius 3 is 2.36 bits per heavy atom. The molecule has 0 unspecified atom stereocenters. The molecule has 0 amide bonds. The summed E-state index contributed by atoms with van der Waals surface area (Å²) in [6.45, 7) is 3.55. The lowest BCUT2D eigenvalue weighted by molar-refractivity contribution is 0.102. The SMILES string of the molecule is CC(=O)c1cnc(-c2ncc(C)s2)s1. The normalized spacial score (nSPS) is 10.4. The second-order valence-corrected chi connectivity index (χ2v) is 5.13. The quantitative estimate of drug-likeness (QED) is 0.737. The minimum absolute atomic E-state index is 0.0574. The lowest BCUT2D eigenvalue weighted by atomic mass is 10.4. The second-order valence-electron chi connectivity index (χ2n) is 2.86. The zero-order valence-corrected chi connectivity index (χ0v) is 9.41. The summed E-state index contributed by atoms with van der Waals surface area (Å²) in [6, 6.07) is 0. The number of Topliss-reactive ketones (excluding diaryl/α,β-unsaturated/α-hetero) is 1. The van der Waals surface area contributed by atoms with Gasteiger partial charge in [0.25, 0.3) is 0 Å². The molecule has 0 aliphatic carbocycles. The Balaban J connectivity index is 2.38. The molecule has 2 aromatic heterocycles. The van der Waals surface area contributed by atoms with Gasteiger partial charge in [-0.2, -0.15) is 0 Å². The zero-order chi connectivity index (χ0) is 10.1. The van der Waals surface area contributed by atoms with Crippen molar-refractivity contribution >= 4 is 28.5 Å². The van der Waals surface area contributed by atoms with Crippen molar-refractivity contribution in [2.24, 2.45) is 0 Å². The second kappa shape index (κ2) is 3.59. The minimum atomic E-state index is 0.0574. The molecule has 0 bridgehead atoms. The van der Waals surface area contributed by atoms with Crippen molar-refractivity contribution in [2.75, 3.05) is 0 Å². The lowest BCUT2D eigenvalue weighted by Gasteiger charge is -1.84. The van der Waals surface area contributed by atoms with Crippen LogP contribution in [0.5, 0.6) is 0 Å². The third kappa shape index (κ3) is 1.73. The van der Waals surface area contributed by atoms with Gasteiger partial charge in [-0.25, -0.2) is 9.97 Å². The van der Waals surface area contributed by atoms with Crippen molar-refractivity contribution in [3.8, 4) is 10.0 Å². The van der Waals surface area contributed by atoms with Gasteiger partial charge >= 0.3 is 0 Å². The first-order valence-corrected chi connectivity index (χ1v) is 5.69. The average molecular weight is 224 g/mol. The third-order valence-corrected chi connectivity index (χ3v) is 3.81. The molecule has 0 fully saturated rings. The number of aryl methyl sites for hydroxylation is 1. The Labute approximate surface area is 89.5 Å². The molecule has 0 radical (unpaired) electrons. The van der Waals surface area contributed by atoms with E-state index in [1.807, 2.05) is 13.1 Å². The third-order valence-electron chi connectivity index (χ3n) is 1.66. The van der Waals surface area contributed by atoms with Crippen LogP contribution in [0, 0.1) is 6.92 Å². The molecular formula is C9H8N2OS2. The van der Waals surface area contributed by atoms with E-state index in [0.717, 1.165) is 14.9 Å². The molecule has 72 valence electrons. The van der Waals surface area contributed by atoms with E-state index in [0.29, 0.717) is 4.88 Å². The van der Waals surface area contributed by atoms with Crippen molar-refractivity contribution < 1.29 is 4.79 Å². The van der Waals surface area contributed by atoms with E-state index in [4.69, 9.17) is 0 Å². The molecule has 2 aromatic rings. The van der Waals surface area contributed by atoms with E-state index in [2.05, 4.69) is 9.97 Å². The minimum Gasteiger partial charge on any atom is -0.294 e. The Kier molecular flexibility index (Phi) is 2.43. The first-order valence-electron chi connectivity index (χ1n) is 4.06. The number of carbonyl (C=O) groups excluding carboxylic acids is 1. The maximum atomic E-state index is 11.0. The van der Waals surface area contributed by atoms with E-state index in [9.17, 15) is 4.79 Å². The molecule has 0 aliphatic rings. The molecule has 2 heterocycles. The van der Waals surface area contributed by atoms with Gasteiger partial charge in [-0.15, -0.1) is 22.7 Å². The Morgan fingerprint density at radius 2 is 1.86 bits per heavy atom. The molecule has 0 aromatic carbocycles. The van der Waals surface area contributed by atoms with Gasteiger partial charge in [-0.1, -0.05) is 0 Å². The summed E-state index contributed by atoms with van der Waals surface area (Å²) >= 11 is 2.99. The number of carbonyl (C=O) groups is 1. The fourth-order valence-corrected chi connectivity index (χ4v) is 2.60. The largest absolute Gasteiger partial charge is 0.294 e. The molecule has 0 aliphatic heterocycles. The zero-order valence-electron chi connectivity index (χ0n) is 7.77. The highest BCUT2D eigenvalue weighted by atomic mass is 32.1. The fraction of sp³-hybridized carbons (Fsp3) is 0.222. The molecule has 0 spiro atoms. The monoisotopic (exact) mass is 224 g/mol. The summed E-state index contributed by atoms with van der Waals surface area (Å²) in [5.41, 5.74) is 0. The van der Waals surface area contributed by atoms with Crippen LogP contribution in [0.15, 0.2) is 12.4 Å². The summed E-state index contributed by atoms with van der Waals surface area (Å²) < 4.78 is 0. The van der Waals surface area contributed by atoms with Crippen LogP contribution in [-0.2, 0) is 0 Å². The Morgan fingerprint density at radius 1 is 1.21 bits per heavy atom. The van der Waals surface area contributed by atoms with E-state index >= 15 is 0 Å². The van der Waals surface area contributed by atoms with Crippen LogP contribution >= 0.6 is 22.7 Å². The number of thiazole rings is 2. The molecule has 14 heavy (non-hydrogen) atoms. The van der Waals surface area contributed by atoms with Crippen LogP contribution in [0.2, 0.25) is 0 Å². The van der Waals surface area contributed by atoms with Crippen LogP contribution < -0.4 is 0 Å². The fourth-order valence-electron chi connectivity index (χ4n) is 0.989. The van der Waals surface area contributed by atoms with E-state index in [1.54, 1.807) is 24.5 Å². The molecule has 0 saturated heterocycles. The number of ketones is 1. The molecular weight excluding hydrogens is 216 g/mol. The van der Waals surface area contributed by atoms with Gasteiger partial charge in [0.2, 0.25) is 0 Å². The van der Waals surface area contributed by atoms with Gasteiger partial charge in [0.15, 0.2) is 15.8 Å². The first-order chi connectivity index (χ1) is 6.66. The van der Waals surface area contributed by atoms with E-state index in [-0.39, 0.29) is 5.78 Å². The summed E-state index contributed by atoms with van der Waals surface area (Å²) in [4.78, 5) is 21.3. The highest BCUT2D eigenvalue weighted by Gasteiger charge is 2.10. The number of rotatable bonds is 2. The Hall–Kier alpha value is -1.07. The van der Waals surface area contributed by atoms with Crippen LogP contribution in [0.3, 0.4) is 0 Å². The standard InChI is InChI=1S/C9H8N2OS2/c1-5-3-10-8(13-5)9-11-4-7(14-9)6(2)12/h3-4H,1-2H3. The van der Waals surface area contributed by atoms with Gasteiger partial charge in [-0.3, -0.25) is 4.79 Å². The van der Waals surface area contributed by atoms with Crippen molar-refractivity contribution in [3.05, 3.63) is 22.1 Å². The summed E-state index contributed by atoms with van der Waals surface area (Å²) in [5, 5.41) is 1.72. The van der Waals surface area contributed by atoms with Crippen molar-refractivity contribution in [3.63, 3.8) is 0 Å². The topological polar surface area (TPSA) is 42.9 Å². The maximum absolute atomic E-state index is 11.0. The number of hydrogen-bond acceptors (Lipinski definition) is 5. The molecule has 0 atom stereocenters. The van der Waals surface area contributed by atoms with Crippen molar-refractivity contribution in [1.82, 2.24) is 9.97 Å².